The van der Waals surface area contributed by atoms with E-state index in [1.807, 2.05) is 12.1 Å². The smallest absolute Gasteiger partial charge is 0.122 e. The van der Waals surface area contributed by atoms with Crippen LogP contribution in [0.2, 0.25) is 0 Å². The number of aryl methyl sites for hydroxylation is 1. The van der Waals surface area contributed by atoms with Crippen LogP contribution in [-0.2, 0) is 0 Å². The molecule has 0 amide bonds. The zero-order valence-corrected chi connectivity index (χ0v) is 11.0. The lowest BCUT2D eigenvalue weighted by Gasteiger charge is -2.18. The van der Waals surface area contributed by atoms with Gasteiger partial charge in [-0.1, -0.05) is 19.1 Å². The van der Waals surface area contributed by atoms with Gasteiger partial charge >= 0.3 is 0 Å². The number of ether oxygens (including phenoxy) is 1. The van der Waals surface area contributed by atoms with Gasteiger partial charge in [-0.2, -0.15) is 0 Å². The Balaban J connectivity index is 2.50. The molecule has 0 fully saturated rings. The molecule has 0 aliphatic rings. The van der Waals surface area contributed by atoms with E-state index in [9.17, 15) is 5.11 Å². The van der Waals surface area contributed by atoms with Gasteiger partial charge in [-0.05, 0) is 44.0 Å². The first-order valence-corrected chi connectivity index (χ1v) is 6.22. The largest absolute Gasteiger partial charge is 0.492 e. The van der Waals surface area contributed by atoms with Crippen LogP contribution in [0.4, 0.5) is 0 Å². The van der Waals surface area contributed by atoms with Gasteiger partial charge in [-0.15, -0.1) is 0 Å². The van der Waals surface area contributed by atoms with Crippen molar-refractivity contribution >= 4 is 0 Å². The van der Waals surface area contributed by atoms with Crippen LogP contribution in [0, 0.1) is 13.8 Å². The minimum atomic E-state index is 0.00913. The molecule has 0 saturated heterocycles. The summed E-state index contributed by atoms with van der Waals surface area (Å²) in [6, 6.07) is 6.04. The monoisotopic (exact) mass is 237 g/mol. The van der Waals surface area contributed by atoms with E-state index in [0.717, 1.165) is 18.7 Å². The molecule has 17 heavy (non-hydrogen) atoms. The van der Waals surface area contributed by atoms with Crippen LogP contribution < -0.4 is 10.1 Å². The van der Waals surface area contributed by atoms with E-state index in [4.69, 9.17) is 4.74 Å². The summed E-state index contributed by atoms with van der Waals surface area (Å²) in [5.41, 5.74) is 2.39. The molecule has 0 radical (unpaired) electrons. The molecule has 1 unspecified atom stereocenters. The van der Waals surface area contributed by atoms with Crippen LogP contribution in [-0.4, -0.2) is 30.9 Å². The molecule has 0 aromatic heterocycles. The molecule has 0 aliphatic carbocycles. The Morgan fingerprint density at radius 2 is 2.12 bits per heavy atom. The number of rotatable bonds is 7. The zero-order valence-electron chi connectivity index (χ0n) is 11.0. The van der Waals surface area contributed by atoms with Gasteiger partial charge < -0.3 is 15.2 Å². The van der Waals surface area contributed by atoms with Crippen molar-refractivity contribution < 1.29 is 9.84 Å². The fourth-order valence-electron chi connectivity index (χ4n) is 1.60. The number of hydrogen-bond donors (Lipinski definition) is 2. The Morgan fingerprint density at radius 1 is 1.35 bits per heavy atom. The average Bonchev–Trinajstić information content (AvgIpc) is 2.34. The second-order valence-corrected chi connectivity index (χ2v) is 4.34. The van der Waals surface area contributed by atoms with Crippen molar-refractivity contribution in [1.29, 1.82) is 0 Å². The lowest BCUT2D eigenvalue weighted by atomic mass is 10.1. The van der Waals surface area contributed by atoms with Crippen molar-refractivity contribution in [2.45, 2.75) is 33.2 Å². The Labute approximate surface area is 104 Å². The third-order valence-electron chi connectivity index (χ3n) is 2.90. The summed E-state index contributed by atoms with van der Waals surface area (Å²) in [5, 5.41) is 12.5. The molecule has 0 spiro atoms. The van der Waals surface area contributed by atoms with E-state index in [1.54, 1.807) is 0 Å². The Hall–Kier alpha value is -1.06. The van der Waals surface area contributed by atoms with Gasteiger partial charge in [0.05, 0.1) is 12.6 Å². The van der Waals surface area contributed by atoms with Crippen LogP contribution >= 0.6 is 0 Å². The summed E-state index contributed by atoms with van der Waals surface area (Å²) in [7, 11) is 0. The second-order valence-electron chi connectivity index (χ2n) is 4.34. The van der Waals surface area contributed by atoms with Crippen molar-refractivity contribution in [2.24, 2.45) is 0 Å². The van der Waals surface area contributed by atoms with Gasteiger partial charge in [0.1, 0.15) is 12.4 Å². The van der Waals surface area contributed by atoms with Gasteiger partial charge in [-0.3, -0.25) is 0 Å². The summed E-state index contributed by atoms with van der Waals surface area (Å²) >= 11 is 0. The SMILES string of the molecule is CCCNC(CO)COc1cccc(C)c1C. The van der Waals surface area contributed by atoms with Crippen molar-refractivity contribution in [3.63, 3.8) is 0 Å². The second kappa shape index (κ2) is 7.30. The van der Waals surface area contributed by atoms with Crippen molar-refractivity contribution in [3.8, 4) is 5.75 Å². The molecule has 3 heteroatoms. The zero-order chi connectivity index (χ0) is 12.7. The lowest BCUT2D eigenvalue weighted by Crippen LogP contribution is -2.38. The van der Waals surface area contributed by atoms with E-state index < -0.39 is 0 Å². The lowest BCUT2D eigenvalue weighted by molar-refractivity contribution is 0.183. The van der Waals surface area contributed by atoms with Crippen LogP contribution in [0.3, 0.4) is 0 Å². The number of aliphatic hydroxyl groups is 1. The van der Waals surface area contributed by atoms with Crippen molar-refractivity contribution in [3.05, 3.63) is 29.3 Å². The van der Waals surface area contributed by atoms with E-state index in [1.165, 1.54) is 11.1 Å². The van der Waals surface area contributed by atoms with Crippen LogP contribution in [0.25, 0.3) is 0 Å². The van der Waals surface area contributed by atoms with E-state index >= 15 is 0 Å². The van der Waals surface area contributed by atoms with Gasteiger partial charge in [0, 0.05) is 0 Å². The molecule has 1 aromatic rings. The maximum atomic E-state index is 9.21. The molecule has 3 nitrogen and oxygen atoms in total. The maximum Gasteiger partial charge on any atom is 0.122 e. The summed E-state index contributed by atoms with van der Waals surface area (Å²) in [5.74, 6) is 0.904. The molecular formula is C14H23NO2. The highest BCUT2D eigenvalue weighted by Gasteiger charge is 2.08. The van der Waals surface area contributed by atoms with E-state index in [2.05, 4.69) is 32.2 Å². The molecule has 96 valence electrons. The Kier molecular flexibility index (Phi) is 6.01. The summed E-state index contributed by atoms with van der Waals surface area (Å²) in [6.07, 6.45) is 1.06. The summed E-state index contributed by atoms with van der Waals surface area (Å²) < 4.78 is 5.75. The Bertz CT molecular complexity index is 339. The molecule has 0 saturated carbocycles. The first kappa shape index (κ1) is 14.0. The van der Waals surface area contributed by atoms with E-state index in [-0.39, 0.29) is 12.6 Å². The van der Waals surface area contributed by atoms with Gasteiger partial charge in [-0.25, -0.2) is 0 Å². The predicted octanol–water partition coefficient (Wildman–Crippen LogP) is 2.04. The molecule has 2 N–H and O–H groups in total. The number of benzene rings is 1. The third-order valence-corrected chi connectivity index (χ3v) is 2.90. The number of hydrogen-bond acceptors (Lipinski definition) is 3. The standard InChI is InChI=1S/C14H23NO2/c1-4-8-15-13(9-16)10-17-14-7-5-6-11(2)12(14)3/h5-7,13,15-16H,4,8-10H2,1-3H3. The highest BCUT2D eigenvalue weighted by molar-refractivity contribution is 5.38. The maximum absolute atomic E-state index is 9.21. The third kappa shape index (κ3) is 4.36. The highest BCUT2D eigenvalue weighted by atomic mass is 16.5. The van der Waals surface area contributed by atoms with Crippen LogP contribution in [0.15, 0.2) is 18.2 Å². The minimum absolute atomic E-state index is 0.00913. The summed E-state index contributed by atoms with van der Waals surface area (Å²) in [4.78, 5) is 0. The number of aliphatic hydroxyl groups excluding tert-OH is 1. The van der Waals surface area contributed by atoms with E-state index in [0.29, 0.717) is 6.61 Å². The highest BCUT2D eigenvalue weighted by Crippen LogP contribution is 2.20. The van der Waals surface area contributed by atoms with Gasteiger partial charge in [0.2, 0.25) is 0 Å². The molecule has 1 rings (SSSR count). The quantitative estimate of drug-likeness (QED) is 0.762. The first-order chi connectivity index (χ1) is 8.19. The first-order valence-electron chi connectivity index (χ1n) is 6.22. The minimum Gasteiger partial charge on any atom is -0.492 e. The predicted molar refractivity (Wildman–Crippen MR) is 70.6 cm³/mol. The summed E-state index contributed by atoms with van der Waals surface area (Å²) in [6.45, 7) is 7.74. The van der Waals surface area contributed by atoms with Crippen molar-refractivity contribution in [2.75, 3.05) is 19.8 Å². The molecule has 1 aromatic carbocycles. The molecular weight excluding hydrogens is 214 g/mol. The average molecular weight is 237 g/mol. The van der Waals surface area contributed by atoms with Gasteiger partial charge in [0.15, 0.2) is 0 Å². The fraction of sp³-hybridized carbons (Fsp3) is 0.571. The van der Waals surface area contributed by atoms with Gasteiger partial charge in [0.25, 0.3) is 0 Å². The molecule has 0 bridgehead atoms. The molecule has 0 aliphatic heterocycles. The normalized spacial score (nSPS) is 12.5. The molecule has 1 atom stereocenters. The van der Waals surface area contributed by atoms with Crippen LogP contribution in [0.5, 0.6) is 5.75 Å². The Morgan fingerprint density at radius 3 is 2.76 bits per heavy atom. The molecule has 0 heterocycles. The van der Waals surface area contributed by atoms with Crippen molar-refractivity contribution in [1.82, 2.24) is 5.32 Å². The topological polar surface area (TPSA) is 41.5 Å². The number of nitrogens with one attached hydrogen (secondary N) is 1. The van der Waals surface area contributed by atoms with Crippen LogP contribution in [0.1, 0.15) is 24.5 Å². The fourth-order valence-corrected chi connectivity index (χ4v) is 1.60.